The molecule has 1 N–H and O–H groups in total. The summed E-state index contributed by atoms with van der Waals surface area (Å²) < 4.78 is 5.52. The molecule has 1 aromatic carbocycles. The third-order valence-electron chi connectivity index (χ3n) is 4.57. The van der Waals surface area contributed by atoms with E-state index in [-0.39, 0.29) is 0 Å². The Balaban J connectivity index is 1.89. The van der Waals surface area contributed by atoms with Crippen molar-refractivity contribution in [1.82, 2.24) is 5.32 Å². The van der Waals surface area contributed by atoms with Gasteiger partial charge in [0.2, 0.25) is 0 Å². The zero-order chi connectivity index (χ0) is 15.2. The van der Waals surface area contributed by atoms with E-state index in [1.807, 2.05) is 7.11 Å². The molecule has 1 saturated carbocycles. The lowest BCUT2D eigenvalue weighted by Crippen LogP contribution is -2.38. The van der Waals surface area contributed by atoms with Gasteiger partial charge in [0.15, 0.2) is 0 Å². The van der Waals surface area contributed by atoms with Gasteiger partial charge in [0.1, 0.15) is 0 Å². The van der Waals surface area contributed by atoms with E-state index >= 15 is 0 Å². The van der Waals surface area contributed by atoms with Crippen LogP contribution in [0.15, 0.2) is 24.3 Å². The van der Waals surface area contributed by atoms with Crippen molar-refractivity contribution in [3.63, 3.8) is 0 Å². The summed E-state index contributed by atoms with van der Waals surface area (Å²) in [5, 5.41) is 3.78. The van der Waals surface area contributed by atoms with Gasteiger partial charge in [-0.3, -0.25) is 0 Å². The highest BCUT2D eigenvalue weighted by molar-refractivity contribution is 5.25. The van der Waals surface area contributed by atoms with Gasteiger partial charge in [0.25, 0.3) is 0 Å². The molecule has 2 heteroatoms. The van der Waals surface area contributed by atoms with Crippen LogP contribution in [0.25, 0.3) is 0 Å². The maximum Gasteiger partial charge on any atom is 0.0586 e. The lowest BCUT2D eigenvalue weighted by molar-refractivity contribution is 0.0572. The average molecular weight is 289 g/mol. The van der Waals surface area contributed by atoms with Gasteiger partial charge in [-0.05, 0) is 56.1 Å². The van der Waals surface area contributed by atoms with Crippen molar-refractivity contribution in [1.29, 1.82) is 0 Å². The molecule has 21 heavy (non-hydrogen) atoms. The van der Waals surface area contributed by atoms with Gasteiger partial charge in [-0.1, -0.05) is 38.1 Å². The molecule has 0 amide bonds. The first-order valence-electron chi connectivity index (χ1n) is 8.46. The minimum Gasteiger partial charge on any atom is -0.381 e. The first-order valence-corrected chi connectivity index (χ1v) is 8.46. The fourth-order valence-electron chi connectivity index (χ4n) is 3.37. The van der Waals surface area contributed by atoms with Crippen molar-refractivity contribution in [2.45, 2.75) is 71.1 Å². The number of rotatable bonds is 6. The summed E-state index contributed by atoms with van der Waals surface area (Å²) >= 11 is 0. The quantitative estimate of drug-likeness (QED) is 0.833. The molecule has 3 atom stereocenters. The van der Waals surface area contributed by atoms with Crippen LogP contribution in [0.3, 0.4) is 0 Å². The summed E-state index contributed by atoms with van der Waals surface area (Å²) in [6.07, 6.45) is 6.52. The van der Waals surface area contributed by atoms with Gasteiger partial charge >= 0.3 is 0 Å². The van der Waals surface area contributed by atoms with E-state index in [1.54, 1.807) is 0 Å². The molecule has 2 nitrogen and oxygen atoms in total. The molecular formula is C19H31NO. The predicted molar refractivity (Wildman–Crippen MR) is 89.6 cm³/mol. The maximum absolute atomic E-state index is 5.52. The summed E-state index contributed by atoms with van der Waals surface area (Å²) in [4.78, 5) is 0. The Labute approximate surface area is 130 Å². The van der Waals surface area contributed by atoms with Crippen LogP contribution < -0.4 is 5.32 Å². The van der Waals surface area contributed by atoms with Gasteiger partial charge in [-0.15, -0.1) is 0 Å². The molecule has 0 aliphatic heterocycles. The van der Waals surface area contributed by atoms with E-state index in [0.717, 1.165) is 12.3 Å². The van der Waals surface area contributed by atoms with Gasteiger partial charge < -0.3 is 10.1 Å². The van der Waals surface area contributed by atoms with Gasteiger partial charge in [0.05, 0.1) is 6.10 Å². The van der Waals surface area contributed by atoms with Gasteiger partial charge in [0, 0.05) is 19.2 Å². The van der Waals surface area contributed by atoms with Crippen LogP contribution in [0.2, 0.25) is 0 Å². The Hall–Kier alpha value is -0.860. The topological polar surface area (TPSA) is 21.3 Å². The van der Waals surface area contributed by atoms with Crippen LogP contribution in [0, 0.1) is 5.92 Å². The van der Waals surface area contributed by atoms with Crippen molar-refractivity contribution >= 4 is 0 Å². The molecule has 0 spiro atoms. The SMILES string of the molecule is COC1CCCC(NC(C)c2ccc(CC(C)C)cc2)C1. The molecule has 0 heterocycles. The molecule has 118 valence electrons. The monoisotopic (exact) mass is 289 g/mol. The van der Waals surface area contributed by atoms with Crippen LogP contribution in [0.4, 0.5) is 0 Å². The number of nitrogens with one attached hydrogen (secondary N) is 1. The molecular weight excluding hydrogens is 258 g/mol. The van der Waals surface area contributed by atoms with E-state index < -0.39 is 0 Å². The molecule has 1 aliphatic carbocycles. The van der Waals surface area contributed by atoms with Crippen LogP contribution in [0.5, 0.6) is 0 Å². The third-order valence-corrected chi connectivity index (χ3v) is 4.57. The molecule has 0 bridgehead atoms. The second-order valence-electron chi connectivity index (χ2n) is 6.95. The third kappa shape index (κ3) is 5.12. The van der Waals surface area contributed by atoms with E-state index in [1.165, 1.54) is 36.8 Å². The van der Waals surface area contributed by atoms with E-state index in [4.69, 9.17) is 4.74 Å². The van der Waals surface area contributed by atoms with Crippen LogP contribution in [0.1, 0.15) is 63.6 Å². The Morgan fingerprint density at radius 3 is 2.48 bits per heavy atom. The second-order valence-corrected chi connectivity index (χ2v) is 6.95. The molecule has 2 rings (SSSR count). The number of ether oxygens (including phenoxy) is 1. The van der Waals surface area contributed by atoms with Gasteiger partial charge in [-0.25, -0.2) is 0 Å². The minimum atomic E-state index is 0.415. The number of hydrogen-bond donors (Lipinski definition) is 1. The Bertz CT molecular complexity index is 412. The maximum atomic E-state index is 5.52. The molecule has 1 fully saturated rings. The first kappa shape index (κ1) is 16.5. The number of benzene rings is 1. The van der Waals surface area contributed by atoms with Crippen molar-refractivity contribution in [3.05, 3.63) is 35.4 Å². The highest BCUT2D eigenvalue weighted by atomic mass is 16.5. The fraction of sp³-hybridized carbons (Fsp3) is 0.684. The van der Waals surface area contributed by atoms with Crippen LogP contribution in [-0.4, -0.2) is 19.3 Å². The number of hydrogen-bond acceptors (Lipinski definition) is 2. The summed E-state index contributed by atoms with van der Waals surface area (Å²) in [6, 6.07) is 10.1. The molecule has 0 saturated heterocycles. The average Bonchev–Trinajstić information content (AvgIpc) is 2.47. The van der Waals surface area contributed by atoms with E-state index in [9.17, 15) is 0 Å². The summed E-state index contributed by atoms with van der Waals surface area (Å²) in [5.41, 5.74) is 2.83. The molecule has 3 unspecified atom stereocenters. The Kier molecular flexibility index (Phi) is 6.25. The number of methoxy groups -OCH3 is 1. The lowest BCUT2D eigenvalue weighted by atomic mass is 9.91. The largest absolute Gasteiger partial charge is 0.381 e. The van der Waals surface area contributed by atoms with Gasteiger partial charge in [-0.2, -0.15) is 0 Å². The smallest absolute Gasteiger partial charge is 0.0586 e. The van der Waals surface area contributed by atoms with Crippen molar-refractivity contribution in [3.8, 4) is 0 Å². The first-order chi connectivity index (χ1) is 10.1. The molecule has 1 aromatic rings. The summed E-state index contributed by atoms with van der Waals surface area (Å²) in [5.74, 6) is 0.722. The van der Waals surface area contributed by atoms with Crippen molar-refractivity contribution < 1.29 is 4.74 Å². The molecule has 1 aliphatic rings. The summed E-state index contributed by atoms with van der Waals surface area (Å²) in [7, 11) is 1.84. The van der Waals surface area contributed by atoms with Crippen LogP contribution >= 0.6 is 0 Å². The summed E-state index contributed by atoms with van der Waals surface area (Å²) in [6.45, 7) is 6.81. The molecule has 0 radical (unpaired) electrons. The van der Waals surface area contributed by atoms with E-state index in [0.29, 0.717) is 18.2 Å². The fourth-order valence-corrected chi connectivity index (χ4v) is 3.37. The second kappa shape index (κ2) is 7.95. The van der Waals surface area contributed by atoms with Crippen molar-refractivity contribution in [2.75, 3.05) is 7.11 Å². The highest BCUT2D eigenvalue weighted by Crippen LogP contribution is 2.24. The predicted octanol–water partition coefficient (Wildman–Crippen LogP) is 4.49. The zero-order valence-electron chi connectivity index (χ0n) is 14.1. The standard InChI is InChI=1S/C19H31NO/c1-14(2)12-16-8-10-17(11-9-16)15(3)20-18-6-5-7-19(13-18)21-4/h8-11,14-15,18-20H,5-7,12-13H2,1-4H3. The Morgan fingerprint density at radius 2 is 1.86 bits per heavy atom. The molecule has 0 aromatic heterocycles. The minimum absolute atomic E-state index is 0.415. The lowest BCUT2D eigenvalue weighted by Gasteiger charge is -2.31. The zero-order valence-corrected chi connectivity index (χ0v) is 14.1. The normalized spacial score (nSPS) is 24.2. The Morgan fingerprint density at radius 1 is 1.14 bits per heavy atom. The highest BCUT2D eigenvalue weighted by Gasteiger charge is 2.22. The van der Waals surface area contributed by atoms with E-state index in [2.05, 4.69) is 50.4 Å². The van der Waals surface area contributed by atoms with Crippen LogP contribution in [-0.2, 0) is 11.2 Å². The van der Waals surface area contributed by atoms with Crippen molar-refractivity contribution in [2.24, 2.45) is 5.92 Å².